The number of benzene rings is 1. The Kier molecular flexibility index (Phi) is 7.18. The SMILES string of the molecule is Cc1ccc(S(=O)(=O)N2CCOCC2)cc1NC(=O)Cn1ccsc1=N.Cl. The third-order valence-electron chi connectivity index (χ3n) is 4.09. The first-order valence-corrected chi connectivity index (χ1v) is 10.4. The molecule has 1 saturated heterocycles. The molecule has 0 aliphatic carbocycles. The number of nitrogens with one attached hydrogen (secondary N) is 2. The molecule has 1 aliphatic heterocycles. The number of anilines is 1. The molecule has 1 aliphatic rings. The van der Waals surface area contributed by atoms with Crippen LogP contribution in [0.25, 0.3) is 0 Å². The van der Waals surface area contributed by atoms with Crippen LogP contribution in [0.2, 0.25) is 0 Å². The van der Waals surface area contributed by atoms with Crippen molar-refractivity contribution in [3.05, 3.63) is 40.1 Å². The van der Waals surface area contributed by atoms with Crippen molar-refractivity contribution in [2.75, 3.05) is 31.6 Å². The fourth-order valence-electron chi connectivity index (χ4n) is 2.60. The number of hydrogen-bond acceptors (Lipinski definition) is 6. The van der Waals surface area contributed by atoms with Crippen LogP contribution in [0.5, 0.6) is 0 Å². The summed E-state index contributed by atoms with van der Waals surface area (Å²) in [5, 5.41) is 12.2. The first kappa shape index (κ1) is 21.6. The summed E-state index contributed by atoms with van der Waals surface area (Å²) in [6, 6.07) is 4.71. The molecule has 148 valence electrons. The lowest BCUT2D eigenvalue weighted by Crippen LogP contribution is -2.40. The number of hydrogen-bond donors (Lipinski definition) is 2. The zero-order chi connectivity index (χ0) is 18.7. The second-order valence-electron chi connectivity index (χ2n) is 5.88. The van der Waals surface area contributed by atoms with Gasteiger partial charge >= 0.3 is 0 Å². The van der Waals surface area contributed by atoms with Crippen LogP contribution < -0.4 is 10.1 Å². The van der Waals surface area contributed by atoms with E-state index in [-0.39, 0.29) is 34.6 Å². The van der Waals surface area contributed by atoms with Crippen LogP contribution in [0.15, 0.2) is 34.7 Å². The normalized spacial score (nSPS) is 15.1. The number of halogens is 1. The number of carbonyl (C=O) groups excluding carboxylic acids is 1. The van der Waals surface area contributed by atoms with Gasteiger partial charge in [0.05, 0.1) is 18.1 Å². The number of aromatic nitrogens is 1. The van der Waals surface area contributed by atoms with E-state index >= 15 is 0 Å². The Bertz CT molecular complexity index is 965. The molecule has 0 radical (unpaired) electrons. The maximum absolute atomic E-state index is 12.8. The van der Waals surface area contributed by atoms with E-state index in [0.29, 0.717) is 32.0 Å². The summed E-state index contributed by atoms with van der Waals surface area (Å²) in [7, 11) is -3.63. The third-order valence-corrected chi connectivity index (χ3v) is 6.70. The lowest BCUT2D eigenvalue weighted by Gasteiger charge is -2.26. The van der Waals surface area contributed by atoms with E-state index in [4.69, 9.17) is 10.1 Å². The molecule has 11 heteroatoms. The van der Waals surface area contributed by atoms with E-state index in [9.17, 15) is 13.2 Å². The summed E-state index contributed by atoms with van der Waals surface area (Å²) in [6.45, 7) is 3.19. The molecule has 1 fully saturated rings. The van der Waals surface area contributed by atoms with E-state index in [1.165, 1.54) is 26.3 Å². The molecule has 0 saturated carbocycles. The molecule has 0 atom stereocenters. The molecule has 8 nitrogen and oxygen atoms in total. The van der Waals surface area contributed by atoms with E-state index in [0.717, 1.165) is 5.56 Å². The van der Waals surface area contributed by atoms with Crippen molar-refractivity contribution in [2.24, 2.45) is 0 Å². The Morgan fingerprint density at radius 3 is 2.67 bits per heavy atom. The minimum absolute atomic E-state index is 0. The van der Waals surface area contributed by atoms with Gasteiger partial charge in [0, 0.05) is 30.4 Å². The largest absolute Gasteiger partial charge is 0.379 e. The lowest BCUT2D eigenvalue weighted by atomic mass is 10.2. The molecule has 2 aromatic rings. The average Bonchev–Trinajstić information content (AvgIpc) is 3.02. The van der Waals surface area contributed by atoms with Gasteiger partial charge in [0.1, 0.15) is 6.54 Å². The minimum atomic E-state index is -3.63. The number of thiazole rings is 1. The van der Waals surface area contributed by atoms with Gasteiger partial charge in [-0.2, -0.15) is 4.31 Å². The maximum atomic E-state index is 12.8. The third kappa shape index (κ3) is 4.96. The van der Waals surface area contributed by atoms with Crippen LogP contribution in [-0.4, -0.2) is 49.5 Å². The van der Waals surface area contributed by atoms with Crippen molar-refractivity contribution in [3.63, 3.8) is 0 Å². The maximum Gasteiger partial charge on any atom is 0.244 e. The molecule has 2 N–H and O–H groups in total. The smallest absolute Gasteiger partial charge is 0.244 e. The Morgan fingerprint density at radius 1 is 1.33 bits per heavy atom. The fourth-order valence-corrected chi connectivity index (χ4v) is 4.64. The Balaban J connectivity index is 0.00000261. The summed E-state index contributed by atoms with van der Waals surface area (Å²) < 4.78 is 33.6. The summed E-state index contributed by atoms with van der Waals surface area (Å²) in [5.41, 5.74) is 1.22. The van der Waals surface area contributed by atoms with E-state index in [1.54, 1.807) is 30.6 Å². The van der Waals surface area contributed by atoms with Gasteiger partial charge < -0.3 is 14.6 Å². The van der Waals surface area contributed by atoms with Crippen molar-refractivity contribution in [1.82, 2.24) is 8.87 Å². The molecule has 1 amide bonds. The number of sulfonamides is 1. The lowest BCUT2D eigenvalue weighted by molar-refractivity contribution is -0.116. The van der Waals surface area contributed by atoms with Crippen molar-refractivity contribution in [2.45, 2.75) is 18.4 Å². The highest BCUT2D eigenvalue weighted by Crippen LogP contribution is 2.23. The van der Waals surface area contributed by atoms with Crippen LogP contribution in [-0.2, 0) is 26.1 Å². The van der Waals surface area contributed by atoms with Crippen molar-refractivity contribution < 1.29 is 17.9 Å². The van der Waals surface area contributed by atoms with Crippen LogP contribution in [0.3, 0.4) is 0 Å². The standard InChI is InChI=1S/C16H20N4O4S2.ClH/c1-12-2-3-13(26(22,23)20-4-7-24-8-5-20)10-14(12)18-15(21)11-19-6-9-25-16(19)17;/h2-3,6,9-10,17H,4-5,7-8,11H2,1H3,(H,18,21);1H. The molecule has 3 rings (SSSR count). The van der Waals surface area contributed by atoms with Gasteiger partial charge in [-0.05, 0) is 24.6 Å². The zero-order valence-corrected chi connectivity index (χ0v) is 17.1. The first-order valence-electron chi connectivity index (χ1n) is 8.05. The van der Waals surface area contributed by atoms with Gasteiger partial charge in [-0.15, -0.1) is 23.7 Å². The van der Waals surface area contributed by atoms with Crippen LogP contribution in [0, 0.1) is 12.3 Å². The Morgan fingerprint density at radius 2 is 2.04 bits per heavy atom. The highest BCUT2D eigenvalue weighted by atomic mass is 35.5. The van der Waals surface area contributed by atoms with Gasteiger partial charge in [0.25, 0.3) is 0 Å². The highest BCUT2D eigenvalue weighted by molar-refractivity contribution is 7.89. The minimum Gasteiger partial charge on any atom is -0.379 e. The number of rotatable bonds is 5. The van der Waals surface area contributed by atoms with Crippen molar-refractivity contribution in [3.8, 4) is 0 Å². The van der Waals surface area contributed by atoms with Gasteiger partial charge in [0.15, 0.2) is 4.80 Å². The number of carbonyl (C=O) groups is 1. The van der Waals surface area contributed by atoms with Gasteiger partial charge in [0.2, 0.25) is 15.9 Å². The second-order valence-corrected chi connectivity index (χ2v) is 8.71. The highest BCUT2D eigenvalue weighted by Gasteiger charge is 2.26. The Labute approximate surface area is 167 Å². The fraction of sp³-hybridized carbons (Fsp3) is 0.375. The number of amides is 1. The van der Waals surface area contributed by atoms with Crippen LogP contribution in [0.1, 0.15) is 5.56 Å². The molecule has 0 bridgehead atoms. The van der Waals surface area contributed by atoms with Gasteiger partial charge in [-0.1, -0.05) is 6.07 Å². The van der Waals surface area contributed by atoms with Crippen molar-refractivity contribution >= 4 is 45.4 Å². The molecular formula is C16H21ClN4O4S2. The number of morpholine rings is 1. The summed E-state index contributed by atoms with van der Waals surface area (Å²) in [4.78, 5) is 12.7. The molecule has 2 heterocycles. The molecule has 0 unspecified atom stereocenters. The molecule has 0 spiro atoms. The van der Waals surface area contributed by atoms with E-state index in [2.05, 4.69) is 5.32 Å². The van der Waals surface area contributed by atoms with Gasteiger partial charge in [-0.25, -0.2) is 8.42 Å². The topological polar surface area (TPSA) is 104 Å². The summed E-state index contributed by atoms with van der Waals surface area (Å²) in [6.07, 6.45) is 1.67. The summed E-state index contributed by atoms with van der Waals surface area (Å²) in [5.74, 6) is -0.314. The molecule has 1 aromatic heterocycles. The monoisotopic (exact) mass is 432 g/mol. The molecular weight excluding hydrogens is 412 g/mol. The number of nitrogens with zero attached hydrogens (tertiary/aromatic N) is 2. The van der Waals surface area contributed by atoms with Crippen molar-refractivity contribution in [1.29, 1.82) is 5.41 Å². The Hall–Kier alpha value is -1.72. The number of aryl methyl sites for hydroxylation is 1. The first-order chi connectivity index (χ1) is 12.4. The van der Waals surface area contributed by atoms with E-state index < -0.39 is 10.0 Å². The van der Waals surface area contributed by atoms with Crippen LogP contribution in [0.4, 0.5) is 5.69 Å². The predicted octanol–water partition coefficient (Wildman–Crippen LogP) is 1.42. The predicted molar refractivity (Wildman–Crippen MR) is 105 cm³/mol. The van der Waals surface area contributed by atoms with Gasteiger partial charge in [-0.3, -0.25) is 10.2 Å². The quantitative estimate of drug-likeness (QED) is 0.745. The van der Waals surface area contributed by atoms with Crippen LogP contribution >= 0.6 is 23.7 Å². The van der Waals surface area contributed by atoms with E-state index in [1.807, 2.05) is 0 Å². The number of ether oxygens (including phenoxy) is 1. The second kappa shape index (κ2) is 8.98. The average molecular weight is 433 g/mol. The zero-order valence-electron chi connectivity index (χ0n) is 14.7. The molecule has 27 heavy (non-hydrogen) atoms. The molecule has 1 aromatic carbocycles. The summed E-state index contributed by atoms with van der Waals surface area (Å²) >= 11 is 1.23.